The molecule has 2 aromatic heterocycles. The fraction of sp³-hybridized carbons (Fsp3) is 0.400. The predicted molar refractivity (Wildman–Crippen MR) is 77.8 cm³/mol. The van der Waals surface area contributed by atoms with Crippen LogP contribution in [0.25, 0.3) is 0 Å². The van der Waals surface area contributed by atoms with Gasteiger partial charge in [-0.25, -0.2) is 0 Å². The van der Waals surface area contributed by atoms with Crippen molar-refractivity contribution in [3.8, 4) is 0 Å². The molecular weight excluding hydrogens is 290 g/mol. The third-order valence-corrected chi connectivity index (χ3v) is 4.31. The van der Waals surface area contributed by atoms with Crippen molar-refractivity contribution in [2.75, 3.05) is 0 Å². The summed E-state index contributed by atoms with van der Waals surface area (Å²) in [5.74, 6) is -0.00945. The molecular formula is C15H16ClN3O2. The maximum atomic E-state index is 12.1. The monoisotopic (exact) mass is 305 g/mol. The summed E-state index contributed by atoms with van der Waals surface area (Å²) >= 11 is 6.12. The highest BCUT2D eigenvalue weighted by Gasteiger charge is 2.45. The van der Waals surface area contributed by atoms with E-state index in [0.717, 1.165) is 23.2 Å². The Bertz CT molecular complexity index is 669. The van der Waals surface area contributed by atoms with E-state index in [1.807, 2.05) is 19.1 Å². The largest absolute Gasteiger partial charge is 0.460 e. The van der Waals surface area contributed by atoms with Crippen LogP contribution in [0.5, 0.6) is 0 Å². The minimum absolute atomic E-state index is 0.0649. The van der Waals surface area contributed by atoms with Gasteiger partial charge in [-0.05, 0) is 30.9 Å². The van der Waals surface area contributed by atoms with Gasteiger partial charge >= 0.3 is 5.97 Å². The summed E-state index contributed by atoms with van der Waals surface area (Å²) in [5.41, 5.74) is 2.65. The quantitative estimate of drug-likeness (QED) is 0.815. The summed E-state index contributed by atoms with van der Waals surface area (Å²) in [4.78, 5) is 16.2. The molecule has 2 heterocycles. The lowest BCUT2D eigenvalue weighted by Gasteiger charge is -2.04. The molecule has 0 radical (unpaired) electrons. The number of carbonyl (C=O) groups is 1. The maximum absolute atomic E-state index is 12.1. The summed E-state index contributed by atoms with van der Waals surface area (Å²) in [6.07, 6.45) is 4.36. The summed E-state index contributed by atoms with van der Waals surface area (Å²) in [6.45, 7) is 2.03. The average Bonchev–Trinajstić information content (AvgIpc) is 3.24. The van der Waals surface area contributed by atoms with Crippen molar-refractivity contribution in [1.29, 1.82) is 0 Å². The highest BCUT2D eigenvalue weighted by Crippen LogP contribution is 2.48. The molecule has 2 atom stereocenters. The Balaban J connectivity index is 1.59. The van der Waals surface area contributed by atoms with Gasteiger partial charge in [0.2, 0.25) is 0 Å². The van der Waals surface area contributed by atoms with Gasteiger partial charge < -0.3 is 4.74 Å². The molecule has 1 fully saturated rings. The molecule has 0 aromatic carbocycles. The molecule has 0 aliphatic heterocycles. The first kappa shape index (κ1) is 14.1. The van der Waals surface area contributed by atoms with Crippen LogP contribution in [0.2, 0.25) is 5.15 Å². The number of nitrogens with zero attached hydrogens (tertiary/aromatic N) is 3. The normalized spacial score (nSPS) is 20.3. The summed E-state index contributed by atoms with van der Waals surface area (Å²) in [6, 6.07) is 3.88. The molecule has 1 saturated carbocycles. The number of aromatic nitrogens is 3. The number of esters is 1. The zero-order valence-corrected chi connectivity index (χ0v) is 12.7. The van der Waals surface area contributed by atoms with Gasteiger partial charge in [0.05, 0.1) is 11.6 Å². The van der Waals surface area contributed by atoms with Crippen molar-refractivity contribution in [1.82, 2.24) is 14.8 Å². The first-order valence-electron chi connectivity index (χ1n) is 6.82. The fourth-order valence-corrected chi connectivity index (χ4v) is 2.74. The van der Waals surface area contributed by atoms with E-state index in [9.17, 15) is 4.79 Å². The van der Waals surface area contributed by atoms with Gasteiger partial charge in [-0.2, -0.15) is 5.10 Å². The van der Waals surface area contributed by atoms with Crippen LogP contribution in [0.3, 0.4) is 0 Å². The van der Waals surface area contributed by atoms with Gasteiger partial charge in [-0.3, -0.25) is 14.5 Å². The minimum atomic E-state index is -0.178. The van der Waals surface area contributed by atoms with Gasteiger partial charge in [0.15, 0.2) is 0 Å². The van der Waals surface area contributed by atoms with Crippen molar-refractivity contribution in [2.24, 2.45) is 13.0 Å². The van der Waals surface area contributed by atoms with Gasteiger partial charge in [0, 0.05) is 25.0 Å². The van der Waals surface area contributed by atoms with Crippen LogP contribution in [-0.4, -0.2) is 20.7 Å². The Labute approximate surface area is 127 Å². The number of hydrogen-bond donors (Lipinski definition) is 0. The van der Waals surface area contributed by atoms with E-state index >= 15 is 0 Å². The molecule has 0 amide bonds. The zero-order valence-electron chi connectivity index (χ0n) is 11.9. The Kier molecular flexibility index (Phi) is 3.68. The van der Waals surface area contributed by atoms with Crippen LogP contribution in [0.4, 0.5) is 0 Å². The van der Waals surface area contributed by atoms with Gasteiger partial charge in [-0.1, -0.05) is 17.7 Å². The van der Waals surface area contributed by atoms with Crippen LogP contribution in [0.1, 0.15) is 29.2 Å². The van der Waals surface area contributed by atoms with Crippen molar-refractivity contribution in [2.45, 2.75) is 25.9 Å². The van der Waals surface area contributed by atoms with E-state index in [-0.39, 0.29) is 24.4 Å². The lowest BCUT2D eigenvalue weighted by molar-refractivity contribution is -0.146. The van der Waals surface area contributed by atoms with E-state index in [1.165, 1.54) is 0 Å². The standard InChI is InChI=1S/C15H16ClN3O2/c1-9-13(14(16)19(2)18-9)8-21-15(20)12-6-11(12)10-4-3-5-17-7-10/h3-5,7,11-12H,6,8H2,1-2H3/t11-,12-/m0/s1. The number of hydrogen-bond acceptors (Lipinski definition) is 4. The van der Waals surface area contributed by atoms with Crippen LogP contribution in [-0.2, 0) is 23.2 Å². The van der Waals surface area contributed by atoms with E-state index in [2.05, 4.69) is 10.1 Å². The molecule has 0 spiro atoms. The maximum Gasteiger partial charge on any atom is 0.309 e. The molecule has 21 heavy (non-hydrogen) atoms. The van der Waals surface area contributed by atoms with E-state index in [0.29, 0.717) is 5.15 Å². The third-order valence-electron chi connectivity index (χ3n) is 3.83. The zero-order chi connectivity index (χ0) is 15.0. The highest BCUT2D eigenvalue weighted by atomic mass is 35.5. The number of rotatable bonds is 4. The predicted octanol–water partition coefficient (Wildman–Crippen LogP) is 2.62. The van der Waals surface area contributed by atoms with E-state index < -0.39 is 0 Å². The second-order valence-electron chi connectivity index (χ2n) is 5.32. The molecule has 0 unspecified atom stereocenters. The van der Waals surface area contributed by atoms with Crippen LogP contribution in [0.15, 0.2) is 24.5 Å². The number of halogens is 1. The number of pyridine rings is 1. The molecule has 1 aliphatic carbocycles. The number of ether oxygens (including phenoxy) is 1. The van der Waals surface area contributed by atoms with E-state index in [4.69, 9.17) is 16.3 Å². The first-order chi connectivity index (χ1) is 10.1. The lowest BCUT2D eigenvalue weighted by atomic mass is 10.1. The molecule has 0 N–H and O–H groups in total. The van der Waals surface area contributed by atoms with Crippen molar-refractivity contribution in [3.05, 3.63) is 46.5 Å². The lowest BCUT2D eigenvalue weighted by Crippen LogP contribution is -2.08. The third kappa shape index (κ3) is 2.78. The van der Waals surface area contributed by atoms with E-state index in [1.54, 1.807) is 24.1 Å². The molecule has 3 rings (SSSR count). The SMILES string of the molecule is Cc1nn(C)c(Cl)c1COC(=O)[C@H]1C[C@H]1c1cccnc1. The molecule has 1 aliphatic rings. The fourth-order valence-electron chi connectivity index (χ4n) is 2.51. The van der Waals surface area contributed by atoms with Gasteiger partial charge in [0.1, 0.15) is 11.8 Å². The Morgan fingerprint density at radius 3 is 3.00 bits per heavy atom. The van der Waals surface area contributed by atoms with Crippen molar-refractivity contribution < 1.29 is 9.53 Å². The van der Waals surface area contributed by atoms with Crippen LogP contribution < -0.4 is 0 Å². The van der Waals surface area contributed by atoms with Gasteiger partial charge in [0.25, 0.3) is 0 Å². The Morgan fingerprint density at radius 2 is 2.38 bits per heavy atom. The number of carbonyl (C=O) groups excluding carboxylic acids is 1. The number of aryl methyl sites for hydroxylation is 2. The van der Waals surface area contributed by atoms with Crippen LogP contribution in [0, 0.1) is 12.8 Å². The summed E-state index contributed by atoms with van der Waals surface area (Å²) < 4.78 is 6.96. The topological polar surface area (TPSA) is 57.0 Å². The van der Waals surface area contributed by atoms with Crippen LogP contribution >= 0.6 is 11.6 Å². The van der Waals surface area contributed by atoms with Crippen molar-refractivity contribution in [3.63, 3.8) is 0 Å². The summed E-state index contributed by atoms with van der Waals surface area (Å²) in [5, 5.41) is 4.71. The van der Waals surface area contributed by atoms with Gasteiger partial charge in [-0.15, -0.1) is 0 Å². The second-order valence-corrected chi connectivity index (χ2v) is 5.68. The Morgan fingerprint density at radius 1 is 1.57 bits per heavy atom. The summed E-state index contributed by atoms with van der Waals surface area (Å²) in [7, 11) is 1.76. The Hall–Kier alpha value is -1.88. The average molecular weight is 306 g/mol. The molecule has 110 valence electrons. The van der Waals surface area contributed by atoms with Crippen molar-refractivity contribution >= 4 is 17.6 Å². The minimum Gasteiger partial charge on any atom is -0.460 e. The second kappa shape index (κ2) is 5.48. The molecule has 5 nitrogen and oxygen atoms in total. The molecule has 0 bridgehead atoms. The molecule has 0 saturated heterocycles. The first-order valence-corrected chi connectivity index (χ1v) is 7.20. The molecule has 6 heteroatoms. The highest BCUT2D eigenvalue weighted by molar-refractivity contribution is 6.30. The molecule has 2 aromatic rings. The smallest absolute Gasteiger partial charge is 0.309 e.